The van der Waals surface area contributed by atoms with Gasteiger partial charge in [0.15, 0.2) is 0 Å². The van der Waals surface area contributed by atoms with Crippen LogP contribution >= 0.6 is 11.3 Å². The Labute approximate surface area is 290 Å². The van der Waals surface area contributed by atoms with Crippen LogP contribution in [0.25, 0.3) is 64.0 Å². The van der Waals surface area contributed by atoms with Gasteiger partial charge in [0.05, 0.1) is 11.4 Å². The molecule has 0 atom stereocenters. The van der Waals surface area contributed by atoms with E-state index in [1.807, 2.05) is 11.3 Å². The van der Waals surface area contributed by atoms with Crippen molar-refractivity contribution in [1.29, 1.82) is 0 Å². The molecule has 49 heavy (non-hydrogen) atoms. The normalized spacial score (nSPS) is 13.3. The van der Waals surface area contributed by atoms with Gasteiger partial charge in [0.25, 0.3) is 0 Å². The summed E-state index contributed by atoms with van der Waals surface area (Å²) in [6.45, 7) is 4.79. The van der Waals surface area contributed by atoms with E-state index in [0.717, 1.165) is 5.69 Å². The number of hydrogen-bond donors (Lipinski definition) is 0. The number of anilines is 3. The maximum atomic E-state index is 2.54. The van der Waals surface area contributed by atoms with Gasteiger partial charge in [-0.1, -0.05) is 141 Å². The van der Waals surface area contributed by atoms with Crippen molar-refractivity contribution in [3.8, 4) is 22.3 Å². The van der Waals surface area contributed by atoms with E-state index in [0.29, 0.717) is 0 Å². The highest BCUT2D eigenvalue weighted by molar-refractivity contribution is 7.26. The minimum absolute atomic E-state index is 0.146. The lowest BCUT2D eigenvalue weighted by atomic mass is 9.80. The summed E-state index contributed by atoms with van der Waals surface area (Å²) in [5.41, 5.74) is 11.3. The van der Waals surface area contributed by atoms with Gasteiger partial charge in [-0.25, -0.2) is 0 Å². The van der Waals surface area contributed by atoms with Gasteiger partial charge in [-0.3, -0.25) is 0 Å². The van der Waals surface area contributed by atoms with Crippen molar-refractivity contribution in [3.63, 3.8) is 0 Å². The van der Waals surface area contributed by atoms with Gasteiger partial charge in [0.1, 0.15) is 0 Å². The molecule has 0 saturated carbocycles. The molecular weight excluding hydrogens is 611 g/mol. The second-order valence-electron chi connectivity index (χ2n) is 13.7. The summed E-state index contributed by atoms with van der Waals surface area (Å²) >= 11 is 1.87. The molecule has 0 radical (unpaired) electrons. The first-order chi connectivity index (χ1) is 24.1. The average molecular weight is 644 g/mol. The third-order valence-electron chi connectivity index (χ3n) is 10.6. The molecule has 1 aromatic heterocycles. The number of fused-ring (bicyclic) bond motifs is 9. The zero-order valence-corrected chi connectivity index (χ0v) is 28.3. The van der Waals surface area contributed by atoms with Crippen molar-refractivity contribution in [2.24, 2.45) is 0 Å². The Morgan fingerprint density at radius 1 is 0.490 bits per heavy atom. The van der Waals surface area contributed by atoms with Crippen LogP contribution in [0.3, 0.4) is 0 Å². The number of benzene rings is 8. The maximum absolute atomic E-state index is 2.54. The van der Waals surface area contributed by atoms with Gasteiger partial charge in [-0.2, -0.15) is 0 Å². The van der Waals surface area contributed by atoms with E-state index in [1.54, 1.807) is 0 Å². The minimum Gasteiger partial charge on any atom is -0.309 e. The summed E-state index contributed by atoms with van der Waals surface area (Å²) < 4.78 is 2.61. The summed E-state index contributed by atoms with van der Waals surface area (Å²) in [7, 11) is 0. The molecule has 0 unspecified atom stereocenters. The number of nitrogens with zero attached hydrogens (tertiary/aromatic N) is 1. The second-order valence-corrected chi connectivity index (χ2v) is 14.8. The monoisotopic (exact) mass is 643 g/mol. The fraction of sp³-hybridized carbons (Fsp3) is 0.0638. The Hall–Kier alpha value is -5.70. The van der Waals surface area contributed by atoms with Crippen LogP contribution in [0.5, 0.6) is 0 Å². The Kier molecular flexibility index (Phi) is 6.16. The van der Waals surface area contributed by atoms with Gasteiger partial charge in [-0.05, 0) is 85.8 Å². The quantitative estimate of drug-likeness (QED) is 0.184. The molecule has 1 aliphatic rings. The van der Waals surface area contributed by atoms with E-state index in [1.165, 1.54) is 86.5 Å². The lowest BCUT2D eigenvalue weighted by Crippen LogP contribution is -2.17. The SMILES string of the molecule is CC1(C)c2ccccc2-c2c(N(c3ccc(-c4cccc5ccccc45)cc3)c3cccc4sc5ccccc5c34)cc3ccccc3c21. The molecular formula is C47H33NS. The molecule has 1 heterocycles. The number of rotatable bonds is 4. The standard InChI is InChI=1S/C47H33NS/c1-47(2)39-21-9-7-18-37(39)45-41(29-32-14-4-6-17-36(32)46(45)47)48(40-22-12-24-43-44(40)38-19-8-10-23-42(38)49-43)33-27-25-31(26-28-33)35-20-11-15-30-13-3-5-16-34(30)35/h3-29H,1-2H3. The lowest BCUT2D eigenvalue weighted by molar-refractivity contribution is 0.666. The van der Waals surface area contributed by atoms with Crippen LogP contribution in [0.2, 0.25) is 0 Å². The molecule has 0 saturated heterocycles. The van der Waals surface area contributed by atoms with E-state index >= 15 is 0 Å². The molecule has 0 fully saturated rings. The van der Waals surface area contributed by atoms with Crippen LogP contribution in [0.15, 0.2) is 164 Å². The van der Waals surface area contributed by atoms with Gasteiger partial charge < -0.3 is 4.90 Å². The summed E-state index contributed by atoms with van der Waals surface area (Å²) in [6.07, 6.45) is 0. The highest BCUT2D eigenvalue weighted by Crippen LogP contribution is 2.57. The molecule has 232 valence electrons. The van der Waals surface area contributed by atoms with Crippen molar-refractivity contribution >= 4 is 70.1 Å². The van der Waals surface area contributed by atoms with Crippen molar-refractivity contribution in [2.45, 2.75) is 19.3 Å². The van der Waals surface area contributed by atoms with Crippen molar-refractivity contribution < 1.29 is 0 Å². The zero-order chi connectivity index (χ0) is 32.7. The zero-order valence-electron chi connectivity index (χ0n) is 27.4. The number of hydrogen-bond acceptors (Lipinski definition) is 2. The smallest absolute Gasteiger partial charge is 0.0555 e. The van der Waals surface area contributed by atoms with E-state index in [4.69, 9.17) is 0 Å². The molecule has 2 heteroatoms. The van der Waals surface area contributed by atoms with Gasteiger partial charge >= 0.3 is 0 Å². The van der Waals surface area contributed by atoms with Crippen molar-refractivity contribution in [2.75, 3.05) is 4.90 Å². The first-order valence-electron chi connectivity index (χ1n) is 17.0. The molecule has 0 bridgehead atoms. The summed E-state index contributed by atoms with van der Waals surface area (Å²) in [5, 5.41) is 7.72. The molecule has 1 aliphatic carbocycles. The van der Waals surface area contributed by atoms with Gasteiger partial charge in [-0.15, -0.1) is 11.3 Å². The molecule has 0 aliphatic heterocycles. The predicted molar refractivity (Wildman–Crippen MR) is 212 cm³/mol. The molecule has 9 aromatic rings. The highest BCUT2D eigenvalue weighted by atomic mass is 32.1. The van der Waals surface area contributed by atoms with E-state index < -0.39 is 0 Å². The van der Waals surface area contributed by atoms with Crippen LogP contribution in [0.4, 0.5) is 17.1 Å². The molecule has 1 nitrogen and oxygen atoms in total. The van der Waals surface area contributed by atoms with E-state index in [9.17, 15) is 0 Å². The Bertz CT molecular complexity index is 2740. The van der Waals surface area contributed by atoms with Crippen LogP contribution in [0.1, 0.15) is 25.0 Å². The van der Waals surface area contributed by atoms with E-state index in [2.05, 4.69) is 183 Å². The van der Waals surface area contributed by atoms with E-state index in [-0.39, 0.29) is 5.41 Å². The molecule has 10 rings (SSSR count). The van der Waals surface area contributed by atoms with Crippen LogP contribution in [0, 0.1) is 0 Å². The summed E-state index contributed by atoms with van der Waals surface area (Å²) in [5.74, 6) is 0. The summed E-state index contributed by atoms with van der Waals surface area (Å²) in [4.78, 5) is 2.54. The highest BCUT2D eigenvalue weighted by Gasteiger charge is 2.39. The Balaban J connectivity index is 1.29. The van der Waals surface area contributed by atoms with Gasteiger partial charge in [0.2, 0.25) is 0 Å². The molecule has 0 N–H and O–H groups in total. The minimum atomic E-state index is -0.146. The number of thiophene rings is 1. The van der Waals surface area contributed by atoms with Gasteiger partial charge in [0, 0.05) is 36.8 Å². The average Bonchev–Trinajstić information content (AvgIpc) is 3.65. The van der Waals surface area contributed by atoms with Crippen molar-refractivity contribution in [3.05, 3.63) is 175 Å². The largest absolute Gasteiger partial charge is 0.309 e. The topological polar surface area (TPSA) is 3.24 Å². The Morgan fingerprint density at radius 3 is 1.98 bits per heavy atom. The third kappa shape index (κ3) is 4.17. The van der Waals surface area contributed by atoms with Crippen LogP contribution in [-0.2, 0) is 5.41 Å². The first kappa shape index (κ1) is 28.3. The molecule has 8 aromatic carbocycles. The van der Waals surface area contributed by atoms with Crippen LogP contribution < -0.4 is 4.90 Å². The fourth-order valence-corrected chi connectivity index (χ4v) is 9.56. The second kappa shape index (κ2) is 10.7. The fourth-order valence-electron chi connectivity index (χ4n) is 8.43. The Morgan fingerprint density at radius 2 is 1.12 bits per heavy atom. The first-order valence-corrected chi connectivity index (χ1v) is 17.8. The van der Waals surface area contributed by atoms with Crippen molar-refractivity contribution in [1.82, 2.24) is 0 Å². The molecule has 0 amide bonds. The third-order valence-corrected chi connectivity index (χ3v) is 11.7. The summed E-state index contributed by atoms with van der Waals surface area (Å²) in [6, 6.07) is 60.6. The maximum Gasteiger partial charge on any atom is 0.0555 e. The lowest BCUT2D eigenvalue weighted by Gasteiger charge is -2.31. The molecule has 0 spiro atoms. The predicted octanol–water partition coefficient (Wildman–Crippen LogP) is 13.8. The van der Waals surface area contributed by atoms with Crippen LogP contribution in [-0.4, -0.2) is 0 Å².